The number of benzene rings is 1. The van der Waals surface area contributed by atoms with Gasteiger partial charge in [0.15, 0.2) is 0 Å². The van der Waals surface area contributed by atoms with Crippen molar-refractivity contribution in [1.82, 2.24) is 0 Å². The van der Waals surface area contributed by atoms with Crippen LogP contribution in [0.2, 0.25) is 0 Å². The molecule has 1 rings (SSSR count). The van der Waals surface area contributed by atoms with Crippen LogP contribution >= 0.6 is 72.9 Å². The lowest BCUT2D eigenvalue weighted by atomic mass is 10.2. The summed E-state index contributed by atoms with van der Waals surface area (Å²) >= 11 is 9.91. The predicted molar refractivity (Wildman–Crippen MR) is 82.6 cm³/mol. The van der Waals surface area contributed by atoms with Gasteiger partial charge in [0.1, 0.15) is 0 Å². The summed E-state index contributed by atoms with van der Waals surface area (Å²) in [5, 5.41) is 0. The van der Waals surface area contributed by atoms with Gasteiger partial charge in [-0.3, -0.25) is 0 Å². The molecule has 0 N–H and O–H groups in total. The maximum atomic E-state index is 3.43. The molecule has 70 valence electrons. The normalized spacial score (nSPS) is 9.85. The first kappa shape index (κ1) is 12.3. The number of hydrogen-bond donors (Lipinski definition) is 0. The first-order chi connectivity index (χ1) is 6.15. The summed E-state index contributed by atoms with van der Waals surface area (Å²) in [4.78, 5) is 1.34. The van der Waals surface area contributed by atoms with Gasteiger partial charge in [-0.2, -0.15) is 0 Å². The summed E-state index contributed by atoms with van der Waals surface area (Å²) in [6.45, 7) is 0. The van der Waals surface area contributed by atoms with Crippen LogP contribution in [0.15, 0.2) is 30.3 Å². The van der Waals surface area contributed by atoms with Crippen molar-refractivity contribution in [2.24, 2.45) is 0 Å². The van der Waals surface area contributed by atoms with E-state index in [4.69, 9.17) is 0 Å². The highest BCUT2D eigenvalue weighted by Crippen LogP contribution is 2.35. The van der Waals surface area contributed by atoms with E-state index in [1.165, 1.54) is 12.1 Å². The van der Waals surface area contributed by atoms with Crippen molar-refractivity contribution in [3.63, 3.8) is 0 Å². The molecule has 0 aliphatic heterocycles. The van der Waals surface area contributed by atoms with Crippen LogP contribution in [0.5, 0.6) is 0 Å². The standard InChI is InChI=1S/C9H7BrI2S/c1-13-8(9(11)12)6-2-4-7(10)5-3-6/h2-5H,1H3. The third-order valence-corrected chi connectivity index (χ3v) is 4.67. The fourth-order valence-corrected chi connectivity index (χ4v) is 3.64. The van der Waals surface area contributed by atoms with Gasteiger partial charge in [-0.25, -0.2) is 0 Å². The Morgan fingerprint density at radius 1 is 1.23 bits per heavy atom. The zero-order chi connectivity index (χ0) is 9.84. The summed E-state index contributed by atoms with van der Waals surface area (Å²) in [6, 6.07) is 8.41. The van der Waals surface area contributed by atoms with E-state index < -0.39 is 0 Å². The molecule has 0 saturated heterocycles. The molecule has 0 aliphatic rings. The Labute approximate surface area is 118 Å². The first-order valence-corrected chi connectivity index (χ1v) is 7.68. The molecule has 0 radical (unpaired) electrons. The molecule has 0 bridgehead atoms. The van der Waals surface area contributed by atoms with Crippen LogP contribution < -0.4 is 0 Å². The molecule has 0 atom stereocenters. The monoisotopic (exact) mass is 480 g/mol. The summed E-state index contributed by atoms with van der Waals surface area (Å²) in [6.07, 6.45) is 2.11. The number of rotatable bonds is 2. The van der Waals surface area contributed by atoms with Crippen LogP contribution in [-0.4, -0.2) is 6.26 Å². The van der Waals surface area contributed by atoms with Crippen LogP contribution in [0.25, 0.3) is 4.91 Å². The minimum absolute atomic E-state index is 1.13. The van der Waals surface area contributed by atoms with Gasteiger partial charge >= 0.3 is 0 Å². The van der Waals surface area contributed by atoms with Crippen LogP contribution in [0, 0.1) is 0 Å². The summed E-state index contributed by atoms with van der Waals surface area (Å²) in [7, 11) is 0. The Balaban J connectivity index is 3.07. The highest BCUT2D eigenvalue weighted by atomic mass is 127. The van der Waals surface area contributed by atoms with Gasteiger partial charge in [0, 0.05) is 9.38 Å². The second kappa shape index (κ2) is 5.97. The summed E-state index contributed by atoms with van der Waals surface area (Å²) < 4.78 is 2.44. The molecule has 0 fully saturated rings. The molecule has 0 saturated carbocycles. The molecule has 0 amide bonds. The molecule has 0 heterocycles. The van der Waals surface area contributed by atoms with Gasteiger partial charge in [-0.15, -0.1) is 11.8 Å². The summed E-state index contributed by atoms with van der Waals surface area (Å²) in [5.41, 5.74) is 1.29. The van der Waals surface area contributed by atoms with Gasteiger partial charge in [0.25, 0.3) is 0 Å². The van der Waals surface area contributed by atoms with E-state index in [9.17, 15) is 0 Å². The molecular formula is C9H7BrI2S. The van der Waals surface area contributed by atoms with Crippen molar-refractivity contribution >= 4 is 77.8 Å². The maximum Gasteiger partial charge on any atom is 0.0655 e. The van der Waals surface area contributed by atoms with E-state index in [1.807, 2.05) is 0 Å². The molecule has 4 heteroatoms. The van der Waals surface area contributed by atoms with Gasteiger partial charge < -0.3 is 0 Å². The lowest BCUT2D eigenvalue weighted by Gasteiger charge is -2.04. The Hall–Kier alpha value is 1.25. The van der Waals surface area contributed by atoms with Crippen LogP contribution in [-0.2, 0) is 0 Å². The topological polar surface area (TPSA) is 0 Å². The first-order valence-electron chi connectivity index (χ1n) is 3.50. The van der Waals surface area contributed by atoms with Crippen molar-refractivity contribution in [3.8, 4) is 0 Å². The predicted octanol–water partition coefficient (Wildman–Crippen LogP) is 5.31. The van der Waals surface area contributed by atoms with Crippen LogP contribution in [0.3, 0.4) is 0 Å². The quantitative estimate of drug-likeness (QED) is 0.517. The average Bonchev–Trinajstić information content (AvgIpc) is 2.09. The fraction of sp³-hybridized carbons (Fsp3) is 0.111. The zero-order valence-corrected chi connectivity index (χ0v) is 13.6. The summed E-state index contributed by atoms with van der Waals surface area (Å²) in [5.74, 6) is 0. The average molecular weight is 481 g/mol. The van der Waals surface area contributed by atoms with E-state index in [-0.39, 0.29) is 0 Å². The Morgan fingerprint density at radius 2 is 1.77 bits per heavy atom. The van der Waals surface area contributed by atoms with E-state index in [2.05, 4.69) is 91.6 Å². The molecular weight excluding hydrogens is 474 g/mol. The Morgan fingerprint density at radius 3 is 2.15 bits per heavy atom. The van der Waals surface area contributed by atoms with Crippen molar-refractivity contribution in [3.05, 3.63) is 35.9 Å². The molecule has 0 nitrogen and oxygen atoms in total. The third-order valence-electron chi connectivity index (χ3n) is 1.48. The fourth-order valence-electron chi connectivity index (χ4n) is 0.905. The lowest BCUT2D eigenvalue weighted by Crippen LogP contribution is -1.78. The number of hydrogen-bond acceptors (Lipinski definition) is 1. The molecule has 1 aromatic rings. The van der Waals surface area contributed by atoms with Gasteiger partial charge in [0.2, 0.25) is 0 Å². The van der Waals surface area contributed by atoms with Crippen molar-refractivity contribution < 1.29 is 0 Å². The van der Waals surface area contributed by atoms with E-state index in [0.29, 0.717) is 0 Å². The molecule has 13 heavy (non-hydrogen) atoms. The maximum absolute atomic E-state index is 3.43. The van der Waals surface area contributed by atoms with Crippen LogP contribution in [0.4, 0.5) is 0 Å². The molecule has 1 aromatic carbocycles. The Bertz CT molecular complexity index is 315. The van der Waals surface area contributed by atoms with Crippen LogP contribution in [0.1, 0.15) is 5.56 Å². The van der Waals surface area contributed by atoms with E-state index in [0.717, 1.165) is 4.47 Å². The second-order valence-corrected chi connectivity index (χ2v) is 8.25. The van der Waals surface area contributed by atoms with Crippen molar-refractivity contribution in [2.45, 2.75) is 0 Å². The second-order valence-electron chi connectivity index (χ2n) is 2.30. The number of halogens is 3. The smallest absolute Gasteiger partial charge is 0.0655 e. The molecule has 0 unspecified atom stereocenters. The van der Waals surface area contributed by atoms with Gasteiger partial charge in [0.05, 0.1) is 1.59 Å². The lowest BCUT2D eigenvalue weighted by molar-refractivity contribution is 1.61. The van der Waals surface area contributed by atoms with E-state index in [1.54, 1.807) is 11.8 Å². The Kier molecular flexibility index (Phi) is 5.66. The van der Waals surface area contributed by atoms with Gasteiger partial charge in [-0.1, -0.05) is 28.1 Å². The highest BCUT2D eigenvalue weighted by molar-refractivity contribution is 14.2. The number of thioether (sulfide) groups is 1. The van der Waals surface area contributed by atoms with Crippen molar-refractivity contribution in [2.75, 3.05) is 6.26 Å². The van der Waals surface area contributed by atoms with Gasteiger partial charge in [-0.05, 0) is 69.1 Å². The highest BCUT2D eigenvalue weighted by Gasteiger charge is 2.03. The minimum Gasteiger partial charge on any atom is -0.127 e. The zero-order valence-electron chi connectivity index (χ0n) is 6.85. The SMILES string of the molecule is CSC(=C(I)I)c1ccc(Br)cc1. The van der Waals surface area contributed by atoms with E-state index >= 15 is 0 Å². The van der Waals surface area contributed by atoms with Crippen molar-refractivity contribution in [1.29, 1.82) is 0 Å². The molecule has 0 aliphatic carbocycles. The largest absolute Gasteiger partial charge is 0.127 e. The molecule has 0 spiro atoms. The minimum atomic E-state index is 1.13. The molecule has 0 aromatic heterocycles. The third kappa shape index (κ3) is 3.71.